The van der Waals surface area contributed by atoms with Gasteiger partial charge in [0, 0.05) is 6.54 Å². The number of piperidine rings is 1. The molecule has 25 heavy (non-hydrogen) atoms. The molecule has 0 aromatic heterocycles. The van der Waals surface area contributed by atoms with Crippen LogP contribution in [0.15, 0.2) is 6.07 Å². The maximum atomic E-state index is 12.5. The van der Waals surface area contributed by atoms with Crippen molar-refractivity contribution in [3.63, 3.8) is 0 Å². The second-order valence-electron chi connectivity index (χ2n) is 6.25. The van der Waals surface area contributed by atoms with E-state index in [1.807, 2.05) is 0 Å². The molecular weight excluding hydrogens is 351 g/mol. The van der Waals surface area contributed by atoms with E-state index in [-0.39, 0.29) is 34.6 Å². The number of rotatable bonds is 5. The van der Waals surface area contributed by atoms with Gasteiger partial charge in [0.2, 0.25) is 0 Å². The van der Waals surface area contributed by atoms with Crippen LogP contribution in [-0.2, 0) is 4.74 Å². The second-order valence-corrected chi connectivity index (χ2v) is 6.65. The van der Waals surface area contributed by atoms with Gasteiger partial charge in [-0.2, -0.15) is 0 Å². The van der Waals surface area contributed by atoms with Gasteiger partial charge in [-0.05, 0) is 37.9 Å². The fraction of sp³-hybridized carbons (Fsp3) is 0.588. The van der Waals surface area contributed by atoms with Crippen molar-refractivity contribution in [2.45, 2.75) is 12.8 Å². The molecule has 0 bridgehead atoms. The van der Waals surface area contributed by atoms with Gasteiger partial charge in [-0.1, -0.05) is 11.6 Å². The maximum Gasteiger partial charge on any atom is 0.342 e. The molecule has 8 heteroatoms. The molecule has 2 N–H and O–H groups in total. The summed E-state index contributed by atoms with van der Waals surface area (Å²) >= 11 is 6.08. The Kier molecular flexibility index (Phi) is 5.86. The SMILES string of the molecule is Nc1c(Cl)cc(C(=O)OCC2CCN(CCF)CC2)c2c1OCCO2. The Hall–Kier alpha value is -1.73. The van der Waals surface area contributed by atoms with Gasteiger partial charge in [0.15, 0.2) is 11.5 Å². The Labute approximate surface area is 151 Å². The van der Waals surface area contributed by atoms with Crippen LogP contribution in [-0.4, -0.2) is 57.0 Å². The molecule has 3 rings (SSSR count). The van der Waals surface area contributed by atoms with Crippen LogP contribution >= 0.6 is 11.6 Å². The Bertz CT molecular complexity index is 636. The molecule has 0 spiro atoms. The summed E-state index contributed by atoms with van der Waals surface area (Å²) in [7, 11) is 0. The third-order valence-corrected chi connectivity index (χ3v) is 4.89. The number of benzene rings is 1. The van der Waals surface area contributed by atoms with Crippen LogP contribution in [0.4, 0.5) is 10.1 Å². The Morgan fingerprint density at radius 1 is 1.32 bits per heavy atom. The molecule has 0 amide bonds. The zero-order chi connectivity index (χ0) is 17.8. The smallest absolute Gasteiger partial charge is 0.342 e. The van der Waals surface area contributed by atoms with Crippen LogP contribution < -0.4 is 15.2 Å². The predicted molar refractivity (Wildman–Crippen MR) is 92.3 cm³/mol. The molecule has 2 aliphatic rings. The minimum Gasteiger partial charge on any atom is -0.485 e. The molecule has 0 radical (unpaired) electrons. The van der Waals surface area contributed by atoms with Crippen molar-refractivity contribution < 1.29 is 23.4 Å². The summed E-state index contributed by atoms with van der Waals surface area (Å²) in [5.41, 5.74) is 6.36. The Morgan fingerprint density at radius 2 is 2.00 bits per heavy atom. The zero-order valence-corrected chi connectivity index (χ0v) is 14.7. The third kappa shape index (κ3) is 4.10. The topological polar surface area (TPSA) is 74.0 Å². The van der Waals surface area contributed by atoms with E-state index in [4.69, 9.17) is 31.5 Å². The van der Waals surface area contributed by atoms with Crippen LogP contribution in [0.1, 0.15) is 23.2 Å². The number of hydrogen-bond acceptors (Lipinski definition) is 6. The molecule has 1 aromatic rings. The molecule has 0 atom stereocenters. The quantitative estimate of drug-likeness (QED) is 0.632. The number of nitrogens with zero attached hydrogens (tertiary/aromatic N) is 1. The number of anilines is 1. The molecule has 0 saturated carbocycles. The highest BCUT2D eigenvalue weighted by atomic mass is 35.5. The number of halogens is 2. The number of carbonyl (C=O) groups excluding carboxylic acids is 1. The number of ether oxygens (including phenoxy) is 3. The first kappa shape index (κ1) is 18.1. The van der Waals surface area contributed by atoms with Crippen molar-refractivity contribution in [3.05, 3.63) is 16.7 Å². The van der Waals surface area contributed by atoms with Gasteiger partial charge in [-0.25, -0.2) is 9.18 Å². The normalized spacial score (nSPS) is 18.2. The molecule has 1 fully saturated rings. The number of carbonyl (C=O) groups is 1. The Balaban J connectivity index is 1.62. The molecule has 1 saturated heterocycles. The molecular formula is C17H22ClFN2O4. The molecule has 2 heterocycles. The molecule has 6 nitrogen and oxygen atoms in total. The number of fused-ring (bicyclic) bond motifs is 1. The van der Waals surface area contributed by atoms with E-state index in [0.717, 1.165) is 25.9 Å². The highest BCUT2D eigenvalue weighted by Crippen LogP contribution is 2.43. The van der Waals surface area contributed by atoms with E-state index in [1.54, 1.807) is 0 Å². The van der Waals surface area contributed by atoms with E-state index in [0.29, 0.717) is 32.1 Å². The number of likely N-dealkylation sites (tertiary alicyclic amines) is 1. The van der Waals surface area contributed by atoms with Crippen molar-refractivity contribution >= 4 is 23.3 Å². The molecule has 2 aliphatic heterocycles. The van der Waals surface area contributed by atoms with Gasteiger partial charge in [0.1, 0.15) is 25.5 Å². The van der Waals surface area contributed by atoms with E-state index < -0.39 is 5.97 Å². The number of esters is 1. The zero-order valence-electron chi connectivity index (χ0n) is 13.9. The first-order valence-corrected chi connectivity index (χ1v) is 8.81. The summed E-state index contributed by atoms with van der Waals surface area (Å²) in [5.74, 6) is 0.355. The van der Waals surface area contributed by atoms with Gasteiger partial charge in [-0.15, -0.1) is 0 Å². The van der Waals surface area contributed by atoms with E-state index in [9.17, 15) is 9.18 Å². The highest BCUT2D eigenvalue weighted by Gasteiger charge is 2.27. The summed E-state index contributed by atoms with van der Waals surface area (Å²) < 4.78 is 28.8. The van der Waals surface area contributed by atoms with Crippen molar-refractivity contribution in [3.8, 4) is 11.5 Å². The first-order valence-electron chi connectivity index (χ1n) is 8.43. The minimum absolute atomic E-state index is 0.226. The standard InChI is InChI=1S/C17H22ClFN2O4/c18-13-9-12(15-16(14(13)20)24-8-7-23-15)17(22)25-10-11-1-4-21(5-2-11)6-3-19/h9,11H,1-8,10,20H2. The van der Waals surface area contributed by atoms with E-state index in [2.05, 4.69) is 4.90 Å². The molecule has 1 aromatic carbocycles. The number of alkyl halides is 1. The van der Waals surface area contributed by atoms with Crippen LogP contribution in [0.25, 0.3) is 0 Å². The Morgan fingerprint density at radius 3 is 2.68 bits per heavy atom. The van der Waals surface area contributed by atoms with Gasteiger partial charge >= 0.3 is 5.97 Å². The summed E-state index contributed by atoms with van der Waals surface area (Å²) in [6.07, 6.45) is 1.76. The maximum absolute atomic E-state index is 12.5. The van der Waals surface area contributed by atoms with Crippen LogP contribution in [0.2, 0.25) is 5.02 Å². The van der Waals surface area contributed by atoms with Crippen molar-refractivity contribution in [1.82, 2.24) is 4.90 Å². The van der Waals surface area contributed by atoms with Crippen molar-refractivity contribution in [2.75, 3.05) is 51.9 Å². The lowest BCUT2D eigenvalue weighted by Crippen LogP contribution is -2.36. The lowest BCUT2D eigenvalue weighted by atomic mass is 9.98. The number of nitrogen functional groups attached to an aromatic ring is 1. The molecule has 138 valence electrons. The monoisotopic (exact) mass is 372 g/mol. The van der Waals surface area contributed by atoms with E-state index in [1.165, 1.54) is 6.07 Å². The lowest BCUT2D eigenvalue weighted by molar-refractivity contribution is 0.0362. The third-order valence-electron chi connectivity index (χ3n) is 4.58. The van der Waals surface area contributed by atoms with Gasteiger partial charge in [-0.3, -0.25) is 0 Å². The number of nitrogens with two attached hydrogens (primary N) is 1. The minimum atomic E-state index is -0.505. The summed E-state index contributed by atoms with van der Waals surface area (Å²) in [6, 6.07) is 1.45. The van der Waals surface area contributed by atoms with Crippen LogP contribution in [0.3, 0.4) is 0 Å². The second kappa shape index (κ2) is 8.10. The van der Waals surface area contributed by atoms with Crippen molar-refractivity contribution in [2.24, 2.45) is 5.92 Å². The number of hydrogen-bond donors (Lipinski definition) is 1. The van der Waals surface area contributed by atoms with Crippen LogP contribution in [0.5, 0.6) is 11.5 Å². The highest BCUT2D eigenvalue weighted by molar-refractivity contribution is 6.34. The summed E-state index contributed by atoms with van der Waals surface area (Å²) in [5, 5.41) is 0.232. The first-order chi connectivity index (χ1) is 12.1. The predicted octanol–water partition coefficient (Wildman–Crippen LogP) is 2.53. The van der Waals surface area contributed by atoms with Crippen molar-refractivity contribution in [1.29, 1.82) is 0 Å². The molecule has 0 unspecified atom stereocenters. The van der Waals surface area contributed by atoms with Crippen LogP contribution in [0, 0.1) is 5.92 Å². The average molecular weight is 373 g/mol. The van der Waals surface area contributed by atoms with Gasteiger partial charge in [0.05, 0.1) is 17.3 Å². The average Bonchev–Trinajstić information content (AvgIpc) is 2.64. The summed E-state index contributed by atoms with van der Waals surface area (Å²) in [4.78, 5) is 14.6. The van der Waals surface area contributed by atoms with E-state index >= 15 is 0 Å². The lowest BCUT2D eigenvalue weighted by Gasteiger charge is -2.30. The van der Waals surface area contributed by atoms with Gasteiger partial charge in [0.25, 0.3) is 0 Å². The molecule has 0 aliphatic carbocycles. The van der Waals surface area contributed by atoms with Gasteiger partial charge < -0.3 is 24.8 Å². The fourth-order valence-corrected chi connectivity index (χ4v) is 3.31. The largest absolute Gasteiger partial charge is 0.485 e. The summed E-state index contributed by atoms with van der Waals surface area (Å²) in [6.45, 7) is 2.80. The fourth-order valence-electron chi connectivity index (χ4n) is 3.12.